The van der Waals surface area contributed by atoms with Crippen molar-refractivity contribution in [3.8, 4) is 0 Å². The summed E-state index contributed by atoms with van der Waals surface area (Å²) in [6.07, 6.45) is 0.760. The van der Waals surface area contributed by atoms with Crippen LogP contribution in [0.4, 0.5) is 0 Å². The van der Waals surface area contributed by atoms with E-state index in [1.165, 1.54) is 0 Å². The van der Waals surface area contributed by atoms with Gasteiger partial charge in [0.2, 0.25) is 0 Å². The highest BCUT2D eigenvalue weighted by atomic mass is 32.2. The molecule has 1 heterocycles. The Balaban J connectivity index is 2.19. The Hall–Kier alpha value is -1.00. The minimum Gasteiger partial charge on any atom is -0.336 e. The van der Waals surface area contributed by atoms with Crippen molar-refractivity contribution in [1.29, 1.82) is 0 Å². The molecule has 1 saturated heterocycles. The zero-order chi connectivity index (χ0) is 13.8. The van der Waals surface area contributed by atoms with E-state index in [9.17, 15) is 4.79 Å². The van der Waals surface area contributed by atoms with Crippen LogP contribution >= 0.6 is 11.8 Å². The van der Waals surface area contributed by atoms with E-state index in [1.807, 2.05) is 40.9 Å². The lowest BCUT2D eigenvalue weighted by molar-refractivity contribution is 0.0752. The van der Waals surface area contributed by atoms with E-state index in [1.54, 1.807) is 0 Å². The maximum Gasteiger partial charge on any atom is 0.254 e. The van der Waals surface area contributed by atoms with E-state index < -0.39 is 0 Å². The van der Waals surface area contributed by atoms with Crippen LogP contribution in [0.1, 0.15) is 29.8 Å². The number of amides is 1. The van der Waals surface area contributed by atoms with Crippen LogP contribution in [0.3, 0.4) is 0 Å². The van der Waals surface area contributed by atoms with Crippen LogP contribution in [0.2, 0.25) is 0 Å². The zero-order valence-corrected chi connectivity index (χ0v) is 12.5. The Morgan fingerprint density at radius 3 is 2.58 bits per heavy atom. The second-order valence-corrected chi connectivity index (χ2v) is 7.04. The molecule has 2 atom stereocenters. The number of hydrogen-bond donors (Lipinski definition) is 1. The number of nitrogens with zero attached hydrogens (tertiary/aromatic N) is 1. The second-order valence-electron chi connectivity index (χ2n) is 5.16. The van der Waals surface area contributed by atoms with E-state index in [0.29, 0.717) is 17.0 Å². The lowest BCUT2D eigenvalue weighted by Gasteiger charge is -2.35. The summed E-state index contributed by atoms with van der Waals surface area (Å²) >= 11 is 1.96. The first-order chi connectivity index (χ1) is 9.11. The third kappa shape index (κ3) is 3.51. The maximum absolute atomic E-state index is 12.7. The largest absolute Gasteiger partial charge is 0.336 e. The van der Waals surface area contributed by atoms with Gasteiger partial charge in [-0.15, -0.1) is 0 Å². The van der Waals surface area contributed by atoms with Gasteiger partial charge in [-0.3, -0.25) is 4.79 Å². The molecule has 1 aromatic carbocycles. The summed E-state index contributed by atoms with van der Waals surface area (Å²) in [7, 11) is 0. The minimum atomic E-state index is 0.156. The van der Waals surface area contributed by atoms with Gasteiger partial charge in [-0.2, -0.15) is 11.8 Å². The fourth-order valence-electron chi connectivity index (χ4n) is 2.62. The summed E-state index contributed by atoms with van der Waals surface area (Å²) < 4.78 is 0. The molecule has 104 valence electrons. The summed E-state index contributed by atoms with van der Waals surface area (Å²) in [5, 5.41) is 1.02. The van der Waals surface area contributed by atoms with Gasteiger partial charge in [0.15, 0.2) is 0 Å². The number of carbonyl (C=O) groups excluding carboxylic acids is 1. The standard InChI is InChI=1S/C15H22N2OS/c1-11-9-17(10-12(2)19-11)15(18)14-6-4-3-5-13(14)7-8-16/h3-6,11-12H,7-10,16H2,1-2H3. The molecule has 0 spiro atoms. The molecule has 0 aromatic heterocycles. The number of thioether (sulfide) groups is 1. The highest BCUT2D eigenvalue weighted by Gasteiger charge is 2.27. The molecule has 2 rings (SSSR count). The number of hydrogen-bond acceptors (Lipinski definition) is 3. The quantitative estimate of drug-likeness (QED) is 0.921. The molecular weight excluding hydrogens is 256 g/mol. The molecule has 1 aliphatic rings. The monoisotopic (exact) mass is 278 g/mol. The molecule has 2 unspecified atom stereocenters. The predicted octanol–water partition coefficient (Wildman–Crippen LogP) is 2.15. The van der Waals surface area contributed by atoms with Crippen molar-refractivity contribution in [3.63, 3.8) is 0 Å². The highest BCUT2D eigenvalue weighted by molar-refractivity contribution is 8.00. The van der Waals surface area contributed by atoms with Gasteiger partial charge in [-0.25, -0.2) is 0 Å². The third-order valence-electron chi connectivity index (χ3n) is 3.37. The average Bonchev–Trinajstić information content (AvgIpc) is 2.38. The normalized spacial score (nSPS) is 23.4. The van der Waals surface area contributed by atoms with Gasteiger partial charge in [0.25, 0.3) is 5.91 Å². The lowest BCUT2D eigenvalue weighted by atomic mass is 10.0. The van der Waals surface area contributed by atoms with E-state index in [0.717, 1.165) is 30.6 Å². The zero-order valence-electron chi connectivity index (χ0n) is 11.6. The Morgan fingerprint density at radius 1 is 1.32 bits per heavy atom. The van der Waals surface area contributed by atoms with E-state index in [2.05, 4.69) is 13.8 Å². The Bertz CT molecular complexity index is 440. The number of carbonyl (C=O) groups is 1. The van der Waals surface area contributed by atoms with Crippen LogP contribution in [0.5, 0.6) is 0 Å². The number of benzene rings is 1. The van der Waals surface area contributed by atoms with Crippen molar-refractivity contribution in [2.45, 2.75) is 30.8 Å². The molecule has 19 heavy (non-hydrogen) atoms. The van der Waals surface area contributed by atoms with Gasteiger partial charge in [0.05, 0.1) is 0 Å². The summed E-state index contributed by atoms with van der Waals surface area (Å²) in [5.41, 5.74) is 7.51. The molecule has 0 saturated carbocycles. The predicted molar refractivity (Wildman–Crippen MR) is 81.6 cm³/mol. The number of rotatable bonds is 3. The van der Waals surface area contributed by atoms with Crippen LogP contribution in [-0.2, 0) is 6.42 Å². The van der Waals surface area contributed by atoms with E-state index >= 15 is 0 Å². The molecule has 0 bridgehead atoms. The van der Waals surface area contributed by atoms with Crippen molar-refractivity contribution in [2.75, 3.05) is 19.6 Å². The van der Waals surface area contributed by atoms with Crippen molar-refractivity contribution < 1.29 is 4.79 Å². The SMILES string of the molecule is CC1CN(C(=O)c2ccccc2CCN)CC(C)S1. The Labute approximate surface area is 119 Å². The van der Waals surface area contributed by atoms with Gasteiger partial charge in [-0.1, -0.05) is 32.0 Å². The summed E-state index contributed by atoms with van der Waals surface area (Å²) in [6.45, 7) is 6.63. The van der Waals surface area contributed by atoms with Crippen LogP contribution in [-0.4, -0.2) is 40.9 Å². The van der Waals surface area contributed by atoms with Crippen LogP contribution in [0, 0.1) is 0 Å². The highest BCUT2D eigenvalue weighted by Crippen LogP contribution is 2.26. The first kappa shape index (κ1) is 14.4. The second kappa shape index (κ2) is 6.44. The molecule has 4 heteroatoms. The molecule has 3 nitrogen and oxygen atoms in total. The van der Waals surface area contributed by atoms with Gasteiger partial charge < -0.3 is 10.6 Å². The van der Waals surface area contributed by atoms with Crippen molar-refractivity contribution in [2.24, 2.45) is 5.73 Å². The van der Waals surface area contributed by atoms with Gasteiger partial charge in [-0.05, 0) is 24.6 Å². The summed E-state index contributed by atoms with van der Waals surface area (Å²) in [4.78, 5) is 14.6. The summed E-state index contributed by atoms with van der Waals surface area (Å²) in [5.74, 6) is 0.156. The molecule has 2 N–H and O–H groups in total. The van der Waals surface area contributed by atoms with Gasteiger partial charge in [0, 0.05) is 29.2 Å². The first-order valence-corrected chi connectivity index (χ1v) is 7.78. The van der Waals surface area contributed by atoms with Gasteiger partial charge >= 0.3 is 0 Å². The smallest absolute Gasteiger partial charge is 0.254 e. The van der Waals surface area contributed by atoms with E-state index in [4.69, 9.17) is 5.73 Å². The van der Waals surface area contributed by atoms with E-state index in [-0.39, 0.29) is 5.91 Å². The fraction of sp³-hybridized carbons (Fsp3) is 0.533. The molecule has 1 aromatic rings. The van der Waals surface area contributed by atoms with Crippen LogP contribution < -0.4 is 5.73 Å². The first-order valence-electron chi connectivity index (χ1n) is 6.84. The Kier molecular flexibility index (Phi) is 4.88. The number of nitrogens with two attached hydrogens (primary N) is 1. The van der Waals surface area contributed by atoms with Crippen molar-refractivity contribution in [3.05, 3.63) is 35.4 Å². The van der Waals surface area contributed by atoms with Crippen LogP contribution in [0.25, 0.3) is 0 Å². The molecular formula is C15H22N2OS. The topological polar surface area (TPSA) is 46.3 Å². The molecule has 1 amide bonds. The molecule has 0 radical (unpaired) electrons. The molecule has 1 aliphatic heterocycles. The fourth-order valence-corrected chi connectivity index (χ4v) is 3.94. The third-order valence-corrected chi connectivity index (χ3v) is 4.60. The summed E-state index contributed by atoms with van der Waals surface area (Å²) in [6, 6.07) is 7.83. The van der Waals surface area contributed by atoms with Crippen molar-refractivity contribution in [1.82, 2.24) is 4.90 Å². The van der Waals surface area contributed by atoms with Crippen molar-refractivity contribution >= 4 is 17.7 Å². The maximum atomic E-state index is 12.7. The molecule has 0 aliphatic carbocycles. The average molecular weight is 278 g/mol. The lowest BCUT2D eigenvalue weighted by Crippen LogP contribution is -2.44. The Morgan fingerprint density at radius 2 is 1.95 bits per heavy atom. The molecule has 1 fully saturated rings. The minimum absolute atomic E-state index is 0.156. The van der Waals surface area contributed by atoms with Crippen LogP contribution in [0.15, 0.2) is 24.3 Å². The van der Waals surface area contributed by atoms with Gasteiger partial charge in [0.1, 0.15) is 0 Å².